The van der Waals surface area contributed by atoms with Crippen molar-refractivity contribution >= 4 is 24.6 Å². The fraction of sp³-hybridized carbons (Fsp3) is 0.759. The van der Waals surface area contributed by atoms with Gasteiger partial charge in [-0.05, 0) is 32.6 Å². The molecule has 224 valence electrons. The first-order valence-electron chi connectivity index (χ1n) is 15.0. The van der Waals surface area contributed by atoms with E-state index in [4.69, 9.17) is 19.7 Å². The highest BCUT2D eigenvalue weighted by atomic mass is 31.2. The van der Waals surface area contributed by atoms with Crippen LogP contribution >= 0.6 is 7.60 Å². The Balaban J connectivity index is 1.08. The smallest absolute Gasteiger partial charge is 0.353 e. The van der Waals surface area contributed by atoms with E-state index >= 15 is 0 Å². The van der Waals surface area contributed by atoms with Crippen LogP contribution in [-0.4, -0.2) is 56.7 Å². The second kappa shape index (κ2) is 18.4. The van der Waals surface area contributed by atoms with Gasteiger partial charge in [0.25, 0.3) is 0 Å². The van der Waals surface area contributed by atoms with E-state index in [-0.39, 0.29) is 19.3 Å². The van der Waals surface area contributed by atoms with Gasteiger partial charge in [-0.2, -0.15) is 0 Å². The Labute approximate surface area is 239 Å². The lowest BCUT2D eigenvalue weighted by molar-refractivity contribution is 0.0610. The lowest BCUT2D eigenvalue weighted by atomic mass is 10.1. The molecule has 1 aliphatic carbocycles. The summed E-state index contributed by atoms with van der Waals surface area (Å²) in [6.07, 6.45) is 19.9. The number of hydrogen-bond donors (Lipinski definition) is 2. The van der Waals surface area contributed by atoms with Crippen molar-refractivity contribution in [1.29, 1.82) is 0 Å². The zero-order valence-electron chi connectivity index (χ0n) is 24.1. The maximum absolute atomic E-state index is 12.3. The monoisotopic (exact) mass is 577 g/mol. The second-order valence-electron chi connectivity index (χ2n) is 10.8. The van der Waals surface area contributed by atoms with Crippen molar-refractivity contribution in [3.63, 3.8) is 0 Å². The third kappa shape index (κ3) is 13.6. The molecule has 0 spiro atoms. The average molecular weight is 578 g/mol. The maximum atomic E-state index is 12.3. The molecule has 0 radical (unpaired) electrons. The Morgan fingerprint density at radius 1 is 1.00 bits per heavy atom. The van der Waals surface area contributed by atoms with Gasteiger partial charge < -0.3 is 29.2 Å². The molecular formula is C29H48N5O5P. The number of ether oxygens (including phenoxy) is 2. The molecule has 1 aliphatic rings. The minimum atomic E-state index is -3.86. The number of anilines is 1. The Morgan fingerprint density at radius 3 is 2.38 bits per heavy atom. The van der Waals surface area contributed by atoms with E-state index in [1.807, 2.05) is 0 Å². The normalized spacial score (nSPS) is 15.6. The molecule has 0 bridgehead atoms. The van der Waals surface area contributed by atoms with Gasteiger partial charge in [-0.25, -0.2) is 15.0 Å². The molecule has 2 aromatic heterocycles. The number of hydrogen-bond acceptors (Lipinski definition) is 8. The molecule has 0 aliphatic heterocycles. The molecule has 10 nitrogen and oxygen atoms in total. The van der Waals surface area contributed by atoms with Crippen LogP contribution in [0.2, 0.25) is 0 Å². The minimum Gasteiger partial charge on any atom is -0.382 e. The van der Waals surface area contributed by atoms with Crippen LogP contribution in [0.3, 0.4) is 0 Å². The Hall–Kier alpha value is -2.02. The molecule has 1 unspecified atom stereocenters. The van der Waals surface area contributed by atoms with Gasteiger partial charge >= 0.3 is 7.60 Å². The van der Waals surface area contributed by atoms with Gasteiger partial charge in [0.2, 0.25) is 0 Å². The molecule has 1 saturated carbocycles. The van der Waals surface area contributed by atoms with Crippen molar-refractivity contribution < 1.29 is 23.5 Å². The molecular weight excluding hydrogens is 529 g/mol. The number of imidazole rings is 1. The number of unbranched alkanes of at least 4 members (excludes halogenated alkanes) is 11. The van der Waals surface area contributed by atoms with E-state index in [0.717, 1.165) is 25.2 Å². The minimum absolute atomic E-state index is 0.0573. The first-order valence-corrected chi connectivity index (χ1v) is 16.8. The van der Waals surface area contributed by atoms with Crippen molar-refractivity contribution in [1.82, 2.24) is 19.5 Å². The predicted molar refractivity (Wildman–Crippen MR) is 158 cm³/mol. The quantitative estimate of drug-likeness (QED) is 0.0969. The van der Waals surface area contributed by atoms with Crippen LogP contribution in [0.1, 0.15) is 96.8 Å². The Bertz CT molecular complexity index is 1100. The summed E-state index contributed by atoms with van der Waals surface area (Å²) in [5.41, 5.74) is 6.91. The molecule has 1 fully saturated rings. The molecule has 2 heterocycles. The van der Waals surface area contributed by atoms with Crippen LogP contribution in [0.25, 0.3) is 11.2 Å². The molecule has 40 heavy (non-hydrogen) atoms. The molecule has 11 heteroatoms. The van der Waals surface area contributed by atoms with Gasteiger partial charge in [-0.15, -0.1) is 5.92 Å². The largest absolute Gasteiger partial charge is 0.382 e. The van der Waals surface area contributed by atoms with Crippen molar-refractivity contribution in [2.45, 2.75) is 109 Å². The molecule has 3 N–H and O–H groups in total. The fourth-order valence-corrected chi connectivity index (χ4v) is 5.29. The lowest BCUT2D eigenvalue weighted by Crippen LogP contribution is -2.18. The first-order chi connectivity index (χ1) is 19.4. The van der Waals surface area contributed by atoms with Gasteiger partial charge in [-0.1, -0.05) is 63.7 Å². The van der Waals surface area contributed by atoms with Gasteiger partial charge in [0.05, 0.1) is 32.2 Å². The van der Waals surface area contributed by atoms with Crippen molar-refractivity contribution in [3.8, 4) is 11.8 Å². The van der Waals surface area contributed by atoms with Gasteiger partial charge in [0, 0.05) is 18.9 Å². The van der Waals surface area contributed by atoms with Crippen LogP contribution in [-0.2, 0) is 25.1 Å². The number of aromatic nitrogens is 4. The first kappa shape index (κ1) is 32.5. The summed E-state index contributed by atoms with van der Waals surface area (Å²) >= 11 is 0. The van der Waals surface area contributed by atoms with E-state index in [9.17, 15) is 9.46 Å². The summed E-state index contributed by atoms with van der Waals surface area (Å²) in [6, 6.07) is 0. The summed E-state index contributed by atoms with van der Waals surface area (Å²) < 4.78 is 30.3. The zero-order chi connectivity index (χ0) is 28.5. The third-order valence-electron chi connectivity index (χ3n) is 6.90. The van der Waals surface area contributed by atoms with E-state index < -0.39 is 13.9 Å². The summed E-state index contributed by atoms with van der Waals surface area (Å²) in [4.78, 5) is 22.4. The van der Waals surface area contributed by atoms with Crippen molar-refractivity contribution in [2.24, 2.45) is 5.92 Å². The number of nitrogens with two attached hydrogens (primary N) is 1. The van der Waals surface area contributed by atoms with Crippen LogP contribution in [0.15, 0.2) is 12.7 Å². The van der Waals surface area contributed by atoms with E-state index in [1.54, 1.807) is 17.8 Å². The summed E-state index contributed by atoms with van der Waals surface area (Å²) in [7, 11) is -3.86. The molecule has 0 aromatic carbocycles. The van der Waals surface area contributed by atoms with Gasteiger partial charge in [0.15, 0.2) is 11.5 Å². The zero-order valence-corrected chi connectivity index (χ0v) is 25.0. The number of nitrogen functional groups attached to an aromatic ring is 1. The summed E-state index contributed by atoms with van der Waals surface area (Å²) in [5.74, 6) is 7.70. The molecule has 3 rings (SSSR count). The van der Waals surface area contributed by atoms with Crippen molar-refractivity contribution in [2.75, 3.05) is 31.9 Å². The highest BCUT2D eigenvalue weighted by Gasteiger charge is 2.22. The third-order valence-corrected chi connectivity index (χ3v) is 7.96. The summed E-state index contributed by atoms with van der Waals surface area (Å²) in [6.45, 7) is 3.18. The average Bonchev–Trinajstić information content (AvgIpc) is 3.67. The van der Waals surface area contributed by atoms with Crippen LogP contribution in [0, 0.1) is 17.8 Å². The Kier molecular flexibility index (Phi) is 15.0. The number of fused-ring (bicyclic) bond motifs is 1. The fourth-order valence-electron chi connectivity index (χ4n) is 4.41. The molecule has 2 atom stereocenters. The van der Waals surface area contributed by atoms with Gasteiger partial charge in [0.1, 0.15) is 18.2 Å². The summed E-state index contributed by atoms with van der Waals surface area (Å²) in [5, 5.41) is 0. The highest BCUT2D eigenvalue weighted by molar-refractivity contribution is 7.52. The second-order valence-corrected chi connectivity index (χ2v) is 12.5. The van der Waals surface area contributed by atoms with E-state index in [1.165, 1.54) is 77.0 Å². The SMILES string of the molecule is C[C@H](Cn1cnc2c(N)ncnc21)OCP(=O)(O)OCCOCCCCCCCCCCCCCC#CC1CC1. The van der Waals surface area contributed by atoms with Gasteiger partial charge in [-0.3, -0.25) is 4.57 Å². The molecule has 0 amide bonds. The number of nitrogens with zero attached hydrogens (tertiary/aromatic N) is 4. The molecule has 2 aromatic rings. The van der Waals surface area contributed by atoms with Crippen LogP contribution in [0.4, 0.5) is 5.82 Å². The Morgan fingerprint density at radius 2 is 1.68 bits per heavy atom. The van der Waals surface area contributed by atoms with Crippen LogP contribution in [0.5, 0.6) is 0 Å². The maximum Gasteiger partial charge on any atom is 0.353 e. The van der Waals surface area contributed by atoms with E-state index in [2.05, 4.69) is 26.8 Å². The number of rotatable bonds is 22. The topological polar surface area (TPSA) is 135 Å². The lowest BCUT2D eigenvalue weighted by Gasteiger charge is -2.17. The van der Waals surface area contributed by atoms with Crippen molar-refractivity contribution in [3.05, 3.63) is 12.7 Å². The van der Waals surface area contributed by atoms with Crippen LogP contribution < -0.4 is 5.73 Å². The highest BCUT2D eigenvalue weighted by Crippen LogP contribution is 2.41. The standard InChI is InChI=1S/C29H48N5O5P/c1-25(21-34-23-33-27-28(30)31-22-32-29(27)34)38-24-40(35,36)39-20-19-37-18-14-12-10-8-6-4-2-3-5-7-9-11-13-15-26-16-17-26/h22-23,25-26H,2-12,14,16-21,24H2,1H3,(H,35,36)(H2,30,31,32)/t25-/m1/s1. The predicted octanol–water partition coefficient (Wildman–Crippen LogP) is 6.08. The molecule has 0 saturated heterocycles. The van der Waals surface area contributed by atoms with E-state index in [0.29, 0.717) is 30.1 Å².